The molecule has 0 aromatic carbocycles. The van der Waals surface area contributed by atoms with Gasteiger partial charge in [0.2, 0.25) is 5.91 Å². The minimum absolute atomic E-state index is 0.0197. The van der Waals surface area contributed by atoms with Gasteiger partial charge in [-0.25, -0.2) is 4.98 Å². The lowest BCUT2D eigenvalue weighted by Gasteiger charge is -2.34. The van der Waals surface area contributed by atoms with Crippen molar-refractivity contribution in [3.05, 3.63) is 18.3 Å². The molecule has 2 heterocycles. The van der Waals surface area contributed by atoms with Gasteiger partial charge in [-0.05, 0) is 19.1 Å². The number of aromatic nitrogens is 1. The Morgan fingerprint density at radius 3 is 3.20 bits per heavy atom. The summed E-state index contributed by atoms with van der Waals surface area (Å²) in [6.07, 6.45) is 1.69. The van der Waals surface area contributed by atoms with Gasteiger partial charge in [0.15, 0.2) is 5.82 Å². The number of nitrogens with zero attached hydrogens (tertiary/aromatic N) is 2. The first kappa shape index (κ1) is 9.76. The van der Waals surface area contributed by atoms with E-state index in [1.54, 1.807) is 18.3 Å². The van der Waals surface area contributed by atoms with Crippen molar-refractivity contribution in [3.8, 4) is 0 Å². The zero-order valence-corrected chi connectivity index (χ0v) is 8.60. The van der Waals surface area contributed by atoms with Gasteiger partial charge in [-0.3, -0.25) is 4.79 Å². The average molecular weight is 206 g/mol. The molecule has 0 saturated carbocycles. The molecule has 1 unspecified atom stereocenters. The fourth-order valence-corrected chi connectivity index (χ4v) is 1.72. The molecule has 1 aromatic heterocycles. The second-order valence-corrected chi connectivity index (χ2v) is 3.58. The number of nitrogens with two attached hydrogens (primary N) is 1. The smallest absolute Gasteiger partial charge is 0.242 e. The molecular formula is C10H14N4O. The summed E-state index contributed by atoms with van der Waals surface area (Å²) in [7, 11) is 0. The lowest BCUT2D eigenvalue weighted by molar-refractivity contribution is -0.122. The molecule has 1 saturated heterocycles. The van der Waals surface area contributed by atoms with Crippen LogP contribution in [0.3, 0.4) is 0 Å². The molecule has 1 amide bonds. The van der Waals surface area contributed by atoms with Gasteiger partial charge >= 0.3 is 0 Å². The molecule has 80 valence electrons. The number of carbonyl (C=O) groups excluding carboxylic acids is 1. The molecule has 0 spiro atoms. The van der Waals surface area contributed by atoms with E-state index in [-0.39, 0.29) is 11.9 Å². The summed E-state index contributed by atoms with van der Waals surface area (Å²) >= 11 is 0. The van der Waals surface area contributed by atoms with Gasteiger partial charge in [0.05, 0.1) is 5.69 Å². The molecule has 15 heavy (non-hydrogen) atoms. The maximum atomic E-state index is 11.5. The van der Waals surface area contributed by atoms with Crippen LogP contribution < -0.4 is 16.0 Å². The maximum Gasteiger partial charge on any atom is 0.242 e. The largest absolute Gasteiger partial charge is 0.396 e. The second-order valence-electron chi connectivity index (χ2n) is 3.58. The van der Waals surface area contributed by atoms with E-state index in [0.29, 0.717) is 18.1 Å². The van der Waals surface area contributed by atoms with Gasteiger partial charge in [0.1, 0.15) is 6.04 Å². The quantitative estimate of drug-likeness (QED) is 0.678. The van der Waals surface area contributed by atoms with Crippen molar-refractivity contribution >= 4 is 17.4 Å². The van der Waals surface area contributed by atoms with E-state index in [9.17, 15) is 4.79 Å². The molecule has 1 fully saturated rings. The van der Waals surface area contributed by atoms with Crippen molar-refractivity contribution in [1.29, 1.82) is 0 Å². The SMILES string of the molecule is CC1C(=O)NCCN1c1ncccc1N. The van der Waals surface area contributed by atoms with Crippen LogP contribution in [0.4, 0.5) is 11.5 Å². The fraction of sp³-hybridized carbons (Fsp3) is 0.400. The van der Waals surface area contributed by atoms with Crippen molar-refractivity contribution in [2.24, 2.45) is 0 Å². The van der Waals surface area contributed by atoms with E-state index in [2.05, 4.69) is 10.3 Å². The van der Waals surface area contributed by atoms with Gasteiger partial charge in [0, 0.05) is 19.3 Å². The summed E-state index contributed by atoms with van der Waals surface area (Å²) in [6, 6.07) is 3.37. The molecule has 0 bridgehead atoms. The predicted octanol–water partition coefficient (Wildman–Crippen LogP) is -0.0115. The lowest BCUT2D eigenvalue weighted by Crippen LogP contribution is -2.54. The second kappa shape index (κ2) is 3.76. The van der Waals surface area contributed by atoms with E-state index in [4.69, 9.17) is 5.73 Å². The van der Waals surface area contributed by atoms with Crippen LogP contribution in [0.15, 0.2) is 18.3 Å². The van der Waals surface area contributed by atoms with Crippen molar-refractivity contribution in [3.63, 3.8) is 0 Å². The van der Waals surface area contributed by atoms with Crippen LogP contribution in [0.5, 0.6) is 0 Å². The molecular weight excluding hydrogens is 192 g/mol. The van der Waals surface area contributed by atoms with Crippen LogP contribution in [0, 0.1) is 0 Å². The molecule has 1 aliphatic heterocycles. The van der Waals surface area contributed by atoms with Crippen molar-refractivity contribution in [2.45, 2.75) is 13.0 Å². The number of anilines is 2. The fourth-order valence-electron chi connectivity index (χ4n) is 1.72. The summed E-state index contributed by atoms with van der Waals surface area (Å²) in [5, 5.41) is 2.80. The third-order valence-electron chi connectivity index (χ3n) is 2.59. The lowest BCUT2D eigenvalue weighted by atomic mass is 10.2. The Balaban J connectivity index is 2.30. The number of nitrogen functional groups attached to an aromatic ring is 1. The predicted molar refractivity (Wildman–Crippen MR) is 58.5 cm³/mol. The Morgan fingerprint density at radius 2 is 2.47 bits per heavy atom. The molecule has 1 atom stereocenters. The first-order chi connectivity index (χ1) is 7.20. The Morgan fingerprint density at radius 1 is 1.67 bits per heavy atom. The number of pyridine rings is 1. The molecule has 5 heteroatoms. The zero-order chi connectivity index (χ0) is 10.8. The summed E-state index contributed by atoms with van der Waals surface area (Å²) < 4.78 is 0. The summed E-state index contributed by atoms with van der Waals surface area (Å²) in [6.45, 7) is 3.23. The number of nitrogens with one attached hydrogen (secondary N) is 1. The van der Waals surface area contributed by atoms with E-state index < -0.39 is 0 Å². The number of piperazine rings is 1. The summed E-state index contributed by atoms with van der Waals surface area (Å²) in [4.78, 5) is 17.6. The van der Waals surface area contributed by atoms with Crippen LogP contribution in [-0.4, -0.2) is 30.0 Å². The monoisotopic (exact) mass is 206 g/mol. The highest BCUT2D eigenvalue weighted by molar-refractivity contribution is 5.86. The topological polar surface area (TPSA) is 71.2 Å². The van der Waals surface area contributed by atoms with E-state index >= 15 is 0 Å². The van der Waals surface area contributed by atoms with Crippen LogP contribution in [0.1, 0.15) is 6.92 Å². The Hall–Kier alpha value is -1.78. The van der Waals surface area contributed by atoms with Gasteiger partial charge < -0.3 is 16.0 Å². The number of rotatable bonds is 1. The Labute approximate surface area is 88.3 Å². The molecule has 0 aliphatic carbocycles. The minimum atomic E-state index is -0.212. The van der Waals surface area contributed by atoms with Crippen LogP contribution in [0.25, 0.3) is 0 Å². The summed E-state index contributed by atoms with van der Waals surface area (Å²) in [5.74, 6) is 0.714. The van der Waals surface area contributed by atoms with Crippen LogP contribution in [-0.2, 0) is 4.79 Å². The molecule has 1 aliphatic rings. The van der Waals surface area contributed by atoms with Crippen molar-refractivity contribution in [1.82, 2.24) is 10.3 Å². The number of amides is 1. The van der Waals surface area contributed by atoms with Crippen LogP contribution in [0.2, 0.25) is 0 Å². The maximum absolute atomic E-state index is 11.5. The van der Waals surface area contributed by atoms with Crippen LogP contribution >= 0.6 is 0 Å². The van der Waals surface area contributed by atoms with E-state index in [1.165, 1.54) is 0 Å². The number of hydrogen-bond donors (Lipinski definition) is 2. The average Bonchev–Trinajstić information content (AvgIpc) is 2.23. The first-order valence-electron chi connectivity index (χ1n) is 4.95. The van der Waals surface area contributed by atoms with E-state index in [0.717, 1.165) is 6.54 Å². The molecule has 5 nitrogen and oxygen atoms in total. The molecule has 3 N–H and O–H groups in total. The number of carbonyl (C=O) groups is 1. The molecule has 1 aromatic rings. The van der Waals surface area contributed by atoms with Gasteiger partial charge in [0.25, 0.3) is 0 Å². The van der Waals surface area contributed by atoms with Gasteiger partial charge in [-0.1, -0.05) is 0 Å². The molecule has 2 rings (SSSR count). The highest BCUT2D eigenvalue weighted by Crippen LogP contribution is 2.22. The third kappa shape index (κ3) is 1.72. The standard InChI is InChI=1S/C10H14N4O/c1-7-10(15)13-5-6-14(7)9-8(11)3-2-4-12-9/h2-4,7H,5-6,11H2,1H3,(H,13,15). The first-order valence-corrected chi connectivity index (χ1v) is 4.95. The van der Waals surface area contributed by atoms with Crippen molar-refractivity contribution in [2.75, 3.05) is 23.7 Å². The highest BCUT2D eigenvalue weighted by atomic mass is 16.2. The van der Waals surface area contributed by atoms with E-state index in [1.807, 2.05) is 11.8 Å². The highest BCUT2D eigenvalue weighted by Gasteiger charge is 2.27. The minimum Gasteiger partial charge on any atom is -0.396 e. The third-order valence-corrected chi connectivity index (χ3v) is 2.59. The van der Waals surface area contributed by atoms with Gasteiger partial charge in [-0.15, -0.1) is 0 Å². The normalized spacial score (nSPS) is 21.3. The Kier molecular flexibility index (Phi) is 2.45. The zero-order valence-electron chi connectivity index (χ0n) is 8.60. The Bertz CT molecular complexity index is 379. The summed E-state index contributed by atoms with van der Waals surface area (Å²) in [5.41, 5.74) is 6.43. The van der Waals surface area contributed by atoms with Gasteiger partial charge in [-0.2, -0.15) is 0 Å². The van der Waals surface area contributed by atoms with Crippen molar-refractivity contribution < 1.29 is 4.79 Å². The molecule has 0 radical (unpaired) electrons. The number of hydrogen-bond acceptors (Lipinski definition) is 4.